The molecule has 1 fully saturated rings. The molecule has 1 unspecified atom stereocenters. The van der Waals surface area contributed by atoms with Crippen LogP contribution in [0.5, 0.6) is 11.5 Å². The van der Waals surface area contributed by atoms with Gasteiger partial charge in [0.2, 0.25) is 0 Å². The van der Waals surface area contributed by atoms with Gasteiger partial charge in [-0.2, -0.15) is 0 Å². The monoisotopic (exact) mass is 241 g/mol. The van der Waals surface area contributed by atoms with Gasteiger partial charge >= 0.3 is 0 Å². The summed E-state index contributed by atoms with van der Waals surface area (Å²) in [6.07, 6.45) is 2.28. The van der Waals surface area contributed by atoms with Crippen molar-refractivity contribution in [2.24, 2.45) is 0 Å². The van der Waals surface area contributed by atoms with Crippen LogP contribution in [-0.2, 0) is 0 Å². The highest BCUT2D eigenvalue weighted by molar-refractivity contribution is 6.31. The lowest BCUT2D eigenvalue weighted by molar-refractivity contribution is 0.387. The van der Waals surface area contributed by atoms with E-state index in [1.807, 2.05) is 12.1 Å². The highest BCUT2D eigenvalue weighted by atomic mass is 35.5. The Balaban J connectivity index is 2.41. The van der Waals surface area contributed by atoms with Crippen molar-refractivity contribution >= 4 is 11.6 Å². The van der Waals surface area contributed by atoms with Crippen LogP contribution < -0.4 is 14.8 Å². The number of hydrogen-bond donors (Lipinski definition) is 1. The molecule has 1 aliphatic rings. The number of benzene rings is 1. The minimum Gasteiger partial charge on any atom is -0.497 e. The number of hydrogen-bond acceptors (Lipinski definition) is 3. The average molecular weight is 242 g/mol. The van der Waals surface area contributed by atoms with Gasteiger partial charge < -0.3 is 14.8 Å². The summed E-state index contributed by atoms with van der Waals surface area (Å²) in [5.74, 6) is 1.52. The van der Waals surface area contributed by atoms with Crippen LogP contribution >= 0.6 is 11.6 Å². The molecule has 0 bridgehead atoms. The van der Waals surface area contributed by atoms with Gasteiger partial charge in [-0.1, -0.05) is 11.6 Å². The lowest BCUT2D eigenvalue weighted by Crippen LogP contribution is -2.14. The molecule has 1 heterocycles. The maximum atomic E-state index is 6.27. The maximum absolute atomic E-state index is 6.27. The Morgan fingerprint density at radius 1 is 1.31 bits per heavy atom. The fourth-order valence-electron chi connectivity index (χ4n) is 2.12. The number of ether oxygens (including phenoxy) is 2. The first kappa shape index (κ1) is 11.6. The third kappa shape index (κ3) is 2.11. The highest BCUT2D eigenvalue weighted by Gasteiger charge is 2.23. The van der Waals surface area contributed by atoms with Crippen LogP contribution in [0.3, 0.4) is 0 Å². The largest absolute Gasteiger partial charge is 0.497 e. The first-order valence-electron chi connectivity index (χ1n) is 5.41. The second kappa shape index (κ2) is 4.93. The summed E-state index contributed by atoms with van der Waals surface area (Å²) in [7, 11) is 3.28. The minimum atomic E-state index is 0.299. The molecule has 1 aromatic carbocycles. The molecule has 0 saturated carbocycles. The second-order valence-electron chi connectivity index (χ2n) is 3.87. The second-order valence-corrected chi connectivity index (χ2v) is 4.28. The molecular formula is C12H16ClNO2. The highest BCUT2D eigenvalue weighted by Crippen LogP contribution is 2.39. The quantitative estimate of drug-likeness (QED) is 0.883. The van der Waals surface area contributed by atoms with E-state index in [1.165, 1.54) is 6.42 Å². The third-order valence-corrected chi connectivity index (χ3v) is 3.24. The van der Waals surface area contributed by atoms with Gasteiger partial charge in [0.25, 0.3) is 0 Å². The Hall–Kier alpha value is -0.930. The molecule has 0 amide bonds. The molecule has 1 aromatic rings. The molecule has 1 atom stereocenters. The molecular weight excluding hydrogens is 226 g/mol. The van der Waals surface area contributed by atoms with Crippen molar-refractivity contribution in [3.8, 4) is 11.5 Å². The smallest absolute Gasteiger partial charge is 0.128 e. The van der Waals surface area contributed by atoms with Gasteiger partial charge in [0, 0.05) is 17.7 Å². The van der Waals surface area contributed by atoms with Crippen molar-refractivity contribution in [3.63, 3.8) is 0 Å². The Kier molecular flexibility index (Phi) is 3.56. The summed E-state index contributed by atoms with van der Waals surface area (Å²) >= 11 is 6.27. The SMILES string of the molecule is COc1cc(Cl)c(C2CCCN2)c(OC)c1. The molecule has 0 aromatic heterocycles. The first-order chi connectivity index (χ1) is 7.76. The summed E-state index contributed by atoms with van der Waals surface area (Å²) in [4.78, 5) is 0. The third-order valence-electron chi connectivity index (χ3n) is 2.93. The van der Waals surface area contributed by atoms with Crippen LogP contribution in [0.15, 0.2) is 12.1 Å². The molecule has 1 N–H and O–H groups in total. The van der Waals surface area contributed by atoms with Crippen LogP contribution in [0.4, 0.5) is 0 Å². The molecule has 0 spiro atoms. The van der Waals surface area contributed by atoms with E-state index in [0.717, 1.165) is 30.0 Å². The van der Waals surface area contributed by atoms with Crippen LogP contribution in [-0.4, -0.2) is 20.8 Å². The van der Waals surface area contributed by atoms with Crippen LogP contribution in [0, 0.1) is 0 Å². The van der Waals surface area contributed by atoms with Crippen molar-refractivity contribution < 1.29 is 9.47 Å². The normalized spacial score (nSPS) is 19.8. The van der Waals surface area contributed by atoms with E-state index in [2.05, 4.69) is 5.32 Å². The van der Waals surface area contributed by atoms with Gasteiger partial charge in [0.05, 0.1) is 19.2 Å². The van der Waals surface area contributed by atoms with E-state index < -0.39 is 0 Å². The molecule has 4 heteroatoms. The summed E-state index contributed by atoms with van der Waals surface area (Å²) < 4.78 is 10.5. The molecule has 2 rings (SSSR count). The zero-order chi connectivity index (χ0) is 11.5. The van der Waals surface area contributed by atoms with E-state index in [9.17, 15) is 0 Å². The van der Waals surface area contributed by atoms with Crippen LogP contribution in [0.1, 0.15) is 24.4 Å². The Morgan fingerprint density at radius 2 is 2.12 bits per heavy atom. The van der Waals surface area contributed by atoms with Crippen molar-refractivity contribution in [2.75, 3.05) is 20.8 Å². The maximum Gasteiger partial charge on any atom is 0.128 e. The Morgan fingerprint density at radius 3 is 2.69 bits per heavy atom. The summed E-state index contributed by atoms with van der Waals surface area (Å²) in [5, 5.41) is 4.12. The van der Waals surface area contributed by atoms with Crippen molar-refractivity contribution in [1.29, 1.82) is 0 Å². The molecule has 0 radical (unpaired) electrons. The molecule has 0 aliphatic carbocycles. The molecule has 16 heavy (non-hydrogen) atoms. The van der Waals surface area contributed by atoms with E-state index >= 15 is 0 Å². The van der Waals surface area contributed by atoms with E-state index in [1.54, 1.807) is 14.2 Å². The van der Waals surface area contributed by atoms with Crippen molar-refractivity contribution in [3.05, 3.63) is 22.7 Å². The Labute approximate surface area is 101 Å². The van der Waals surface area contributed by atoms with Gasteiger partial charge in [-0.05, 0) is 25.5 Å². The Bertz CT molecular complexity index is 376. The zero-order valence-corrected chi connectivity index (χ0v) is 10.3. The summed E-state index contributed by atoms with van der Waals surface area (Å²) in [6, 6.07) is 4.01. The first-order valence-corrected chi connectivity index (χ1v) is 5.79. The number of nitrogens with one attached hydrogen (secondary N) is 1. The van der Waals surface area contributed by atoms with Crippen molar-refractivity contribution in [1.82, 2.24) is 5.32 Å². The van der Waals surface area contributed by atoms with Gasteiger partial charge in [-0.25, -0.2) is 0 Å². The zero-order valence-electron chi connectivity index (χ0n) is 9.55. The average Bonchev–Trinajstić information content (AvgIpc) is 2.81. The minimum absolute atomic E-state index is 0.299. The molecule has 1 aliphatic heterocycles. The standard InChI is InChI=1S/C12H16ClNO2/c1-15-8-6-9(13)12(11(7-8)16-2)10-4-3-5-14-10/h6-7,10,14H,3-5H2,1-2H3. The van der Waals surface area contributed by atoms with Gasteiger partial charge in [0.1, 0.15) is 11.5 Å². The van der Waals surface area contributed by atoms with Crippen LogP contribution in [0.2, 0.25) is 5.02 Å². The summed E-state index contributed by atoms with van der Waals surface area (Å²) in [5.41, 5.74) is 1.04. The fraction of sp³-hybridized carbons (Fsp3) is 0.500. The predicted molar refractivity (Wildman–Crippen MR) is 64.5 cm³/mol. The lowest BCUT2D eigenvalue weighted by Gasteiger charge is -2.17. The van der Waals surface area contributed by atoms with E-state index in [0.29, 0.717) is 11.1 Å². The molecule has 3 nitrogen and oxygen atoms in total. The molecule has 1 saturated heterocycles. The number of rotatable bonds is 3. The fourth-order valence-corrected chi connectivity index (χ4v) is 2.46. The number of methoxy groups -OCH3 is 2. The van der Waals surface area contributed by atoms with E-state index in [4.69, 9.17) is 21.1 Å². The summed E-state index contributed by atoms with van der Waals surface area (Å²) in [6.45, 7) is 1.04. The van der Waals surface area contributed by atoms with E-state index in [-0.39, 0.29) is 0 Å². The van der Waals surface area contributed by atoms with Crippen LogP contribution in [0.25, 0.3) is 0 Å². The van der Waals surface area contributed by atoms with Gasteiger partial charge in [-0.3, -0.25) is 0 Å². The lowest BCUT2D eigenvalue weighted by atomic mass is 10.0. The molecule has 88 valence electrons. The van der Waals surface area contributed by atoms with Gasteiger partial charge in [0.15, 0.2) is 0 Å². The predicted octanol–water partition coefficient (Wildman–Crippen LogP) is 2.78. The number of halogens is 1. The topological polar surface area (TPSA) is 30.5 Å². The van der Waals surface area contributed by atoms with Crippen molar-refractivity contribution in [2.45, 2.75) is 18.9 Å². The van der Waals surface area contributed by atoms with Gasteiger partial charge in [-0.15, -0.1) is 0 Å².